The molecule has 8 aromatic carbocycles. The Kier molecular flexibility index (Phi) is 24.1. The van der Waals surface area contributed by atoms with Crippen molar-refractivity contribution in [2.75, 3.05) is 96.4 Å². The predicted octanol–water partition coefficient (Wildman–Crippen LogP) is 5.15. The maximum atomic E-state index is 13.9. The van der Waals surface area contributed by atoms with E-state index < -0.39 is 0 Å². The van der Waals surface area contributed by atoms with Gasteiger partial charge in [0.1, 0.15) is 63.1 Å². The van der Waals surface area contributed by atoms with Gasteiger partial charge in [-0.05, 0) is 126 Å². The topological polar surface area (TPSA) is 224 Å². The number of urea groups is 1. The molecule has 27 heteroatoms. The van der Waals surface area contributed by atoms with E-state index in [4.69, 9.17) is 58.8 Å². The third-order valence-electron chi connectivity index (χ3n) is 19.0. The van der Waals surface area contributed by atoms with Crippen LogP contribution in [0, 0.1) is 0 Å². The maximum absolute atomic E-state index is 13.9. The molecular weight excluding hydrogens is 1760 g/mol. The number of rotatable bonds is 20. The summed E-state index contributed by atoms with van der Waals surface area (Å²) in [5.41, 5.74) is 7.25. The molecular formula is C80H80I3N15O7SZn. The van der Waals surface area contributed by atoms with Gasteiger partial charge in [0.25, 0.3) is 5.91 Å². The number of carbonyl (C=O) groups is 3. The third-order valence-corrected chi connectivity index (χ3v) is 20.6. The van der Waals surface area contributed by atoms with Crippen LogP contribution in [0.25, 0.3) is 89.7 Å². The van der Waals surface area contributed by atoms with E-state index in [0.29, 0.717) is 168 Å². The fraction of sp³-hybridized carbons (Fsp3) is 0.263. The Morgan fingerprint density at radius 2 is 0.953 bits per heavy atom. The van der Waals surface area contributed by atoms with E-state index in [1.165, 1.54) is 0 Å². The number of hydrogen-bond acceptors (Lipinski definition) is 14. The molecule has 11 aromatic rings. The van der Waals surface area contributed by atoms with Crippen molar-refractivity contribution in [1.82, 2.24) is 73.8 Å². The van der Waals surface area contributed by atoms with Crippen LogP contribution in [0.4, 0.5) is 21.9 Å². The number of nitrogens with zero attached hydrogens (tertiary/aromatic N) is 13. The summed E-state index contributed by atoms with van der Waals surface area (Å²) in [6, 6.07) is 54.2. The van der Waals surface area contributed by atoms with Crippen LogP contribution in [0.3, 0.4) is 0 Å². The molecule has 546 valence electrons. The SMILES string of the molecule is CN(CCN(C)C(=O)c1ccc(Oc2ccc3c4nc5nc(nc6[n-]c(nc7nc(nc([n-]4)c3c2)-c2c(Oc3cccc([N+](C)(C)C)c3)cccc2-7)c2c(Oc3cccc([N+](C)(C)C)c3)cccc62)-c2c(Oc3cccc([N+](C)(C)C)c3)cccc2-5)cc1)C(=O)CCCC[C@@H]1SC[C@@H]2NC(=O)N[C@@H]21.[I-].[I-].[I-].[Zn+2]. The second-order valence-corrected chi connectivity index (χ2v) is 30.4. The van der Waals surface area contributed by atoms with Gasteiger partial charge in [-0.3, -0.25) is 23.0 Å². The first-order valence-corrected chi connectivity index (χ1v) is 35.5. The van der Waals surface area contributed by atoms with Crippen LogP contribution in [-0.4, -0.2) is 171 Å². The van der Waals surface area contributed by atoms with Crippen LogP contribution in [0.1, 0.15) is 36.0 Å². The van der Waals surface area contributed by atoms with E-state index in [2.05, 4.69) is 92.3 Å². The van der Waals surface area contributed by atoms with E-state index >= 15 is 0 Å². The number of benzene rings is 8. The molecule has 0 aliphatic carbocycles. The van der Waals surface area contributed by atoms with Gasteiger partial charge in [0.15, 0.2) is 0 Å². The largest absolute Gasteiger partial charge is 2.00 e. The van der Waals surface area contributed by atoms with Gasteiger partial charge >= 0.3 is 25.5 Å². The fourth-order valence-corrected chi connectivity index (χ4v) is 14.8. The number of fused-ring (bicyclic) bond motifs is 21. The second kappa shape index (κ2) is 32.4. The molecule has 107 heavy (non-hydrogen) atoms. The monoisotopic (exact) mass is 1840 g/mol. The smallest absolute Gasteiger partial charge is 1.00 e. The first-order chi connectivity index (χ1) is 49.4. The number of likely N-dealkylation sites (N-methyl/N-ethyl adjacent to an activating group) is 2. The summed E-state index contributed by atoms with van der Waals surface area (Å²) in [6.45, 7) is 0.728. The molecule has 8 bridgehead atoms. The van der Waals surface area contributed by atoms with E-state index in [-0.39, 0.29) is 133 Å². The van der Waals surface area contributed by atoms with Crippen LogP contribution < -0.4 is 125 Å². The molecule has 0 spiro atoms. The van der Waals surface area contributed by atoms with Gasteiger partial charge < -0.3 is 141 Å². The zero-order chi connectivity index (χ0) is 71.6. The summed E-state index contributed by atoms with van der Waals surface area (Å²) in [5.74, 6) is 6.23. The van der Waals surface area contributed by atoms with Crippen molar-refractivity contribution in [3.63, 3.8) is 0 Å². The Labute approximate surface area is 689 Å². The van der Waals surface area contributed by atoms with E-state index in [9.17, 15) is 14.4 Å². The average molecular weight is 1840 g/mol. The van der Waals surface area contributed by atoms with Gasteiger partial charge in [0, 0.05) is 107 Å². The third kappa shape index (κ3) is 16.9. The Balaban J connectivity index is 0.00000285. The number of carbonyl (C=O) groups excluding carboxylic acids is 3. The van der Waals surface area contributed by atoms with E-state index in [1.54, 1.807) is 48.2 Å². The molecule has 4 aliphatic heterocycles. The van der Waals surface area contributed by atoms with Crippen molar-refractivity contribution in [3.8, 4) is 91.5 Å². The first-order valence-electron chi connectivity index (χ1n) is 34.4. The molecule has 0 saturated carbocycles. The maximum Gasteiger partial charge on any atom is 2.00 e. The number of ether oxygens (including phenoxy) is 4. The van der Waals surface area contributed by atoms with Crippen LogP contribution in [-0.2, 0) is 24.3 Å². The summed E-state index contributed by atoms with van der Waals surface area (Å²) >= 11 is 1.88. The molecule has 2 N–H and O–H groups in total. The molecule has 2 saturated heterocycles. The zero-order valence-electron chi connectivity index (χ0n) is 61.3. The van der Waals surface area contributed by atoms with Gasteiger partial charge in [-0.2, -0.15) is 11.8 Å². The zero-order valence-corrected chi connectivity index (χ0v) is 71.5. The van der Waals surface area contributed by atoms with Gasteiger partial charge in [-0.1, -0.05) is 61.0 Å². The number of halogens is 3. The Bertz CT molecular complexity index is 5400. The number of unbranched alkanes of at least 4 members (excludes halogenated alkanes) is 1. The van der Waals surface area contributed by atoms with Gasteiger partial charge in [-0.15, -0.1) is 0 Å². The molecule has 7 heterocycles. The van der Waals surface area contributed by atoms with Crippen LogP contribution in [0.15, 0.2) is 170 Å². The molecule has 15 rings (SSSR count). The number of nitrogens with one attached hydrogen (secondary N) is 2. The Morgan fingerprint density at radius 3 is 1.52 bits per heavy atom. The first kappa shape index (κ1) is 79.6. The number of amides is 4. The van der Waals surface area contributed by atoms with Crippen molar-refractivity contribution in [1.29, 1.82) is 0 Å². The van der Waals surface area contributed by atoms with Crippen LogP contribution in [0.5, 0.6) is 46.0 Å². The Morgan fingerprint density at radius 1 is 0.486 bits per heavy atom. The molecule has 4 amide bonds. The molecule has 3 atom stereocenters. The number of hydrogen-bond donors (Lipinski definition) is 2. The van der Waals surface area contributed by atoms with Crippen molar-refractivity contribution in [3.05, 3.63) is 175 Å². The minimum Gasteiger partial charge on any atom is -1.00 e. The molecule has 22 nitrogen and oxygen atoms in total. The minimum atomic E-state index is -0.195. The predicted molar refractivity (Wildman–Crippen MR) is 407 cm³/mol. The molecule has 0 unspecified atom stereocenters. The van der Waals surface area contributed by atoms with Gasteiger partial charge in [0.05, 0.1) is 110 Å². The van der Waals surface area contributed by atoms with Crippen LogP contribution >= 0.6 is 11.8 Å². The standard InChI is InChI=1S/C80H79N15O7S.3HI.Zn/c1-91(66(96)33-13-12-32-65-70-61(46-103-65)81-80(98)82-70)40-41-92(2)79(97)47-34-36-51(37-35-47)99-55-38-39-56-60(45-55)75-84-71(56)83-72-57-26-17-29-62(100-52-23-14-20-48(42-52)93(3,4)5)67(57)76(85-72)86-73-58-27-18-30-63(101-53-24-15-21-49(43-53)94(6,7)8)68(58)77(87-73)88-74-59-28-19-31-64(69(59)78(89-74)90-75)102-54-25-16-22-50(44-54)95(9,10)11;;;;/h14-31,34-39,42-45,61,65,70H,12-13,32-33,40-41,46H2,1-11H3,(H-3,81,82,83,84,85,86,87,88,89,90,98);3*1H;/q;;;;+2/p-2/t61-,65-,70-;;;;/m0..../s1. The summed E-state index contributed by atoms with van der Waals surface area (Å²) in [7, 11) is 22.5. The molecule has 4 aliphatic rings. The molecule has 0 radical (unpaired) electrons. The van der Waals surface area contributed by atoms with Crippen LogP contribution in [0.2, 0.25) is 0 Å². The van der Waals surface area contributed by atoms with Crippen molar-refractivity contribution in [2.45, 2.75) is 43.0 Å². The molecule has 3 aromatic heterocycles. The number of thioether (sulfide) groups is 1. The van der Waals surface area contributed by atoms with E-state index in [0.717, 1.165) is 42.1 Å². The summed E-state index contributed by atoms with van der Waals surface area (Å²) in [4.78, 5) is 84.9. The normalized spacial score (nSPS) is 14.9. The summed E-state index contributed by atoms with van der Waals surface area (Å²) < 4.78 is 29.0. The molecule has 2 fully saturated rings. The fourth-order valence-electron chi connectivity index (χ4n) is 13.3. The summed E-state index contributed by atoms with van der Waals surface area (Å²) in [6.07, 6.45) is 3.01. The van der Waals surface area contributed by atoms with Crippen molar-refractivity contribution >= 4 is 90.8 Å². The van der Waals surface area contributed by atoms with Crippen molar-refractivity contribution in [2.24, 2.45) is 0 Å². The Hall–Kier alpha value is -8.43. The second-order valence-electron chi connectivity index (χ2n) is 29.1. The van der Waals surface area contributed by atoms with E-state index in [1.807, 2.05) is 139 Å². The van der Waals surface area contributed by atoms with Gasteiger partial charge in [-0.25, -0.2) is 14.8 Å². The number of aromatic nitrogens is 8. The summed E-state index contributed by atoms with van der Waals surface area (Å²) in [5, 5.41) is 8.86. The minimum absolute atomic E-state index is 0. The van der Waals surface area contributed by atoms with Crippen molar-refractivity contribution < 1.29 is 125 Å². The number of quaternary nitrogens is 3. The average Bonchev–Trinajstić information content (AvgIpc) is 1.59. The quantitative estimate of drug-likeness (QED) is 0.0331. The van der Waals surface area contributed by atoms with Gasteiger partial charge in [0.2, 0.25) is 5.91 Å².